The summed E-state index contributed by atoms with van der Waals surface area (Å²) < 4.78 is 3.05. The number of carbonyl (C=O) groups is 1. The minimum Gasteiger partial charge on any atom is -0.340 e. The Balaban J connectivity index is 1.87. The first-order valence-corrected chi connectivity index (χ1v) is 7.84. The Morgan fingerprint density at radius 3 is 2.57 bits per heavy atom. The molecule has 0 bridgehead atoms. The average molecular weight is 342 g/mol. The molecule has 0 fully saturated rings. The summed E-state index contributed by atoms with van der Waals surface area (Å²) in [6.07, 6.45) is 2.96. The number of halogens is 1. The van der Waals surface area contributed by atoms with Crippen molar-refractivity contribution in [1.29, 1.82) is 0 Å². The van der Waals surface area contributed by atoms with E-state index in [2.05, 4.69) is 22.9 Å². The van der Waals surface area contributed by atoms with Crippen LogP contribution in [0.3, 0.4) is 0 Å². The summed E-state index contributed by atoms with van der Waals surface area (Å²) in [4.78, 5) is 12.4. The van der Waals surface area contributed by atoms with Crippen LogP contribution in [0.5, 0.6) is 0 Å². The molecule has 0 unspecified atom stereocenters. The van der Waals surface area contributed by atoms with Crippen LogP contribution in [0.4, 0.5) is 0 Å². The number of aryl methyl sites for hydroxylation is 1. The molecule has 0 aliphatic carbocycles. The second kappa shape index (κ2) is 5.86. The SMILES string of the molecule is CCc1ccc(C(=O)Cn2ccc3c(Br)cccc32)cc1. The van der Waals surface area contributed by atoms with Crippen molar-refractivity contribution >= 4 is 32.6 Å². The third-order valence-electron chi connectivity index (χ3n) is 3.76. The van der Waals surface area contributed by atoms with Crippen LogP contribution < -0.4 is 0 Å². The Morgan fingerprint density at radius 1 is 1.10 bits per heavy atom. The van der Waals surface area contributed by atoms with Gasteiger partial charge < -0.3 is 4.57 Å². The molecule has 2 nitrogen and oxygen atoms in total. The van der Waals surface area contributed by atoms with Crippen LogP contribution in [-0.4, -0.2) is 10.4 Å². The van der Waals surface area contributed by atoms with E-state index in [1.54, 1.807) is 0 Å². The van der Waals surface area contributed by atoms with Gasteiger partial charge in [-0.2, -0.15) is 0 Å². The van der Waals surface area contributed by atoms with E-state index in [-0.39, 0.29) is 5.78 Å². The van der Waals surface area contributed by atoms with Gasteiger partial charge in [0.05, 0.1) is 6.54 Å². The highest BCUT2D eigenvalue weighted by Gasteiger charge is 2.09. The molecule has 1 heterocycles. The lowest BCUT2D eigenvalue weighted by atomic mass is 10.1. The molecule has 2 aromatic carbocycles. The molecule has 0 N–H and O–H groups in total. The number of fused-ring (bicyclic) bond motifs is 1. The summed E-state index contributed by atoms with van der Waals surface area (Å²) in [7, 11) is 0. The monoisotopic (exact) mass is 341 g/mol. The zero-order valence-electron chi connectivity index (χ0n) is 11.8. The minimum absolute atomic E-state index is 0.134. The van der Waals surface area contributed by atoms with Crippen molar-refractivity contribution in [3.05, 3.63) is 70.3 Å². The fourth-order valence-corrected chi connectivity index (χ4v) is 2.98. The van der Waals surface area contributed by atoms with E-state index in [4.69, 9.17) is 0 Å². The molecular weight excluding hydrogens is 326 g/mol. The van der Waals surface area contributed by atoms with E-state index < -0.39 is 0 Å². The summed E-state index contributed by atoms with van der Waals surface area (Å²) in [6.45, 7) is 2.48. The van der Waals surface area contributed by atoms with Crippen molar-refractivity contribution < 1.29 is 4.79 Å². The average Bonchev–Trinajstić information content (AvgIpc) is 2.92. The van der Waals surface area contributed by atoms with Gasteiger partial charge in [0.15, 0.2) is 5.78 Å². The van der Waals surface area contributed by atoms with Crippen LogP contribution in [0.25, 0.3) is 10.9 Å². The molecule has 0 amide bonds. The maximum Gasteiger partial charge on any atom is 0.182 e. The third-order valence-corrected chi connectivity index (χ3v) is 4.45. The zero-order chi connectivity index (χ0) is 14.8. The summed E-state index contributed by atoms with van der Waals surface area (Å²) in [6, 6.07) is 16.0. The van der Waals surface area contributed by atoms with Crippen LogP contribution in [0.2, 0.25) is 0 Å². The van der Waals surface area contributed by atoms with Gasteiger partial charge in [0.2, 0.25) is 0 Å². The molecule has 0 radical (unpaired) electrons. The van der Waals surface area contributed by atoms with Crippen LogP contribution in [0.15, 0.2) is 59.2 Å². The van der Waals surface area contributed by atoms with Crippen molar-refractivity contribution in [3.63, 3.8) is 0 Å². The molecule has 0 atom stereocenters. The third kappa shape index (κ3) is 2.79. The number of hydrogen-bond acceptors (Lipinski definition) is 1. The second-order valence-electron chi connectivity index (χ2n) is 5.09. The Kier molecular flexibility index (Phi) is 3.93. The number of carbonyl (C=O) groups excluding carboxylic acids is 1. The lowest BCUT2D eigenvalue weighted by Crippen LogP contribution is -2.09. The highest BCUT2D eigenvalue weighted by Crippen LogP contribution is 2.24. The van der Waals surface area contributed by atoms with E-state index in [1.807, 2.05) is 59.3 Å². The highest BCUT2D eigenvalue weighted by atomic mass is 79.9. The first-order chi connectivity index (χ1) is 10.2. The fraction of sp³-hybridized carbons (Fsp3) is 0.167. The van der Waals surface area contributed by atoms with Crippen molar-refractivity contribution in [2.24, 2.45) is 0 Å². The number of aromatic nitrogens is 1. The Hall–Kier alpha value is -1.87. The van der Waals surface area contributed by atoms with Gasteiger partial charge in [0, 0.05) is 27.1 Å². The molecule has 0 saturated carbocycles. The van der Waals surface area contributed by atoms with Gasteiger partial charge in [0.25, 0.3) is 0 Å². The van der Waals surface area contributed by atoms with Crippen molar-refractivity contribution in [2.75, 3.05) is 0 Å². The predicted octanol–water partition coefficient (Wildman–Crippen LogP) is 4.85. The van der Waals surface area contributed by atoms with E-state index in [0.717, 1.165) is 27.4 Å². The van der Waals surface area contributed by atoms with E-state index in [1.165, 1.54) is 5.56 Å². The molecule has 0 spiro atoms. The molecule has 3 aromatic rings. The normalized spacial score (nSPS) is 11.0. The molecule has 1 aromatic heterocycles. The van der Waals surface area contributed by atoms with Gasteiger partial charge in [0.1, 0.15) is 0 Å². The second-order valence-corrected chi connectivity index (χ2v) is 5.94. The van der Waals surface area contributed by atoms with Crippen LogP contribution >= 0.6 is 15.9 Å². The van der Waals surface area contributed by atoms with E-state index in [0.29, 0.717) is 6.54 Å². The minimum atomic E-state index is 0.134. The molecule has 106 valence electrons. The molecular formula is C18H16BrNO. The lowest BCUT2D eigenvalue weighted by Gasteiger charge is -2.06. The number of ketones is 1. The smallest absolute Gasteiger partial charge is 0.182 e. The molecule has 3 rings (SSSR count). The van der Waals surface area contributed by atoms with Crippen molar-refractivity contribution in [1.82, 2.24) is 4.57 Å². The molecule has 0 saturated heterocycles. The molecule has 3 heteroatoms. The van der Waals surface area contributed by atoms with E-state index in [9.17, 15) is 4.79 Å². The summed E-state index contributed by atoms with van der Waals surface area (Å²) in [5, 5.41) is 1.13. The van der Waals surface area contributed by atoms with Gasteiger partial charge in [-0.1, -0.05) is 53.2 Å². The van der Waals surface area contributed by atoms with Crippen molar-refractivity contribution in [2.45, 2.75) is 19.9 Å². The maximum atomic E-state index is 12.4. The summed E-state index contributed by atoms with van der Waals surface area (Å²) in [5.74, 6) is 0.134. The molecule has 0 aliphatic heterocycles. The Morgan fingerprint density at radius 2 is 1.86 bits per heavy atom. The van der Waals surface area contributed by atoms with Crippen LogP contribution in [0.1, 0.15) is 22.8 Å². The first kappa shape index (κ1) is 14.1. The number of nitrogens with zero attached hydrogens (tertiary/aromatic N) is 1. The molecule has 21 heavy (non-hydrogen) atoms. The Labute approximate surface area is 132 Å². The maximum absolute atomic E-state index is 12.4. The number of benzene rings is 2. The highest BCUT2D eigenvalue weighted by molar-refractivity contribution is 9.10. The number of rotatable bonds is 4. The largest absolute Gasteiger partial charge is 0.340 e. The predicted molar refractivity (Wildman–Crippen MR) is 89.8 cm³/mol. The van der Waals surface area contributed by atoms with Gasteiger partial charge in [-0.3, -0.25) is 4.79 Å². The summed E-state index contributed by atoms with van der Waals surface area (Å²) in [5.41, 5.74) is 3.09. The van der Waals surface area contributed by atoms with Gasteiger partial charge in [-0.15, -0.1) is 0 Å². The molecule has 0 aliphatic rings. The first-order valence-electron chi connectivity index (χ1n) is 7.04. The number of Topliss-reactive ketones (excluding diaryl/α,β-unsaturated/α-hetero) is 1. The van der Waals surface area contributed by atoms with Crippen molar-refractivity contribution in [3.8, 4) is 0 Å². The lowest BCUT2D eigenvalue weighted by molar-refractivity contribution is 0.0973. The fourth-order valence-electron chi connectivity index (χ4n) is 2.50. The topological polar surface area (TPSA) is 22.0 Å². The van der Waals surface area contributed by atoms with Gasteiger partial charge in [-0.25, -0.2) is 0 Å². The van der Waals surface area contributed by atoms with Crippen LogP contribution in [0, 0.1) is 0 Å². The zero-order valence-corrected chi connectivity index (χ0v) is 13.4. The quantitative estimate of drug-likeness (QED) is 0.621. The van der Waals surface area contributed by atoms with Gasteiger partial charge >= 0.3 is 0 Å². The van der Waals surface area contributed by atoms with Crippen LogP contribution in [-0.2, 0) is 13.0 Å². The summed E-state index contributed by atoms with van der Waals surface area (Å²) >= 11 is 3.54. The van der Waals surface area contributed by atoms with Gasteiger partial charge in [-0.05, 0) is 30.2 Å². The van der Waals surface area contributed by atoms with E-state index >= 15 is 0 Å². The Bertz CT molecular complexity index is 787. The standard InChI is InChI=1S/C18H16BrNO/c1-2-13-6-8-14(9-7-13)18(21)12-20-11-10-15-16(19)4-3-5-17(15)20/h3-11H,2,12H2,1H3. The number of hydrogen-bond donors (Lipinski definition) is 0.